The van der Waals surface area contributed by atoms with Crippen molar-refractivity contribution in [2.24, 2.45) is 0 Å². The Balaban J connectivity index is 1.73. The molecule has 0 spiro atoms. The zero-order valence-electron chi connectivity index (χ0n) is 12.5. The molecule has 3 aromatic heterocycles. The van der Waals surface area contributed by atoms with E-state index in [9.17, 15) is 0 Å². The lowest BCUT2D eigenvalue weighted by Crippen LogP contribution is -1.90. The van der Waals surface area contributed by atoms with Gasteiger partial charge in [0.25, 0.3) is 0 Å². The van der Waals surface area contributed by atoms with E-state index in [1.807, 2.05) is 42.6 Å². The van der Waals surface area contributed by atoms with Crippen LogP contribution in [0.3, 0.4) is 0 Å². The van der Waals surface area contributed by atoms with E-state index in [-0.39, 0.29) is 0 Å². The van der Waals surface area contributed by atoms with Crippen molar-refractivity contribution in [2.75, 3.05) is 0 Å². The van der Waals surface area contributed by atoms with Crippen LogP contribution in [0.25, 0.3) is 17.0 Å². The minimum Gasteiger partial charge on any atom is -0.297 e. The lowest BCUT2D eigenvalue weighted by atomic mass is 10.2. The van der Waals surface area contributed by atoms with Crippen LogP contribution in [-0.2, 0) is 5.75 Å². The molecule has 0 radical (unpaired) electrons. The van der Waals surface area contributed by atoms with Crippen LogP contribution in [0.4, 0.5) is 0 Å². The first-order valence-corrected chi connectivity index (χ1v) is 8.45. The molecule has 0 fully saturated rings. The van der Waals surface area contributed by atoms with Crippen molar-refractivity contribution in [1.29, 1.82) is 0 Å². The molecular weight excluding hydrogens is 302 g/mol. The highest BCUT2D eigenvalue weighted by Crippen LogP contribution is 2.30. The molecule has 0 aliphatic carbocycles. The quantitative estimate of drug-likeness (QED) is 0.512. The molecule has 0 unspecified atom stereocenters. The Morgan fingerprint density at radius 1 is 0.870 bits per heavy atom. The lowest BCUT2D eigenvalue weighted by Gasteiger charge is -2.00. The van der Waals surface area contributed by atoms with Crippen LogP contribution in [0.5, 0.6) is 0 Å². The molecule has 3 nitrogen and oxygen atoms in total. The van der Waals surface area contributed by atoms with Gasteiger partial charge in [-0.3, -0.25) is 9.38 Å². The van der Waals surface area contributed by atoms with Gasteiger partial charge in [0.05, 0.1) is 5.52 Å². The van der Waals surface area contributed by atoms with Gasteiger partial charge in [0.1, 0.15) is 10.7 Å². The number of hydrogen-bond acceptors (Lipinski definition) is 3. The maximum absolute atomic E-state index is 4.84. The number of pyridine rings is 2. The molecule has 0 N–H and O–H groups in total. The first kappa shape index (κ1) is 14.0. The van der Waals surface area contributed by atoms with Gasteiger partial charge in [0, 0.05) is 18.1 Å². The van der Waals surface area contributed by atoms with Crippen molar-refractivity contribution < 1.29 is 0 Å². The van der Waals surface area contributed by atoms with Crippen molar-refractivity contribution >= 4 is 17.3 Å². The molecule has 4 aromatic rings. The van der Waals surface area contributed by atoms with Gasteiger partial charge in [-0.2, -0.15) is 0 Å². The maximum Gasteiger partial charge on any atom is 0.164 e. The van der Waals surface area contributed by atoms with E-state index >= 15 is 0 Å². The number of fused-ring (bicyclic) bond motifs is 1. The van der Waals surface area contributed by atoms with Crippen LogP contribution in [0.1, 0.15) is 5.56 Å². The number of hydrogen-bond donors (Lipinski definition) is 0. The summed E-state index contributed by atoms with van der Waals surface area (Å²) in [4.78, 5) is 9.28. The van der Waals surface area contributed by atoms with E-state index in [2.05, 4.69) is 39.7 Å². The molecule has 4 heteroatoms. The predicted octanol–water partition coefficient (Wildman–Crippen LogP) is 4.69. The highest BCUT2D eigenvalue weighted by atomic mass is 32.2. The number of thioether (sulfide) groups is 1. The molecule has 0 aliphatic heterocycles. The highest BCUT2D eigenvalue weighted by molar-refractivity contribution is 7.98. The minimum absolute atomic E-state index is 0.886. The summed E-state index contributed by atoms with van der Waals surface area (Å²) in [6.45, 7) is 0. The fourth-order valence-corrected chi connectivity index (χ4v) is 3.48. The second-order valence-corrected chi connectivity index (χ2v) is 6.15. The Morgan fingerprint density at radius 2 is 1.70 bits per heavy atom. The van der Waals surface area contributed by atoms with Gasteiger partial charge < -0.3 is 0 Å². The number of aromatic nitrogens is 3. The van der Waals surface area contributed by atoms with E-state index in [1.165, 1.54) is 5.56 Å². The molecule has 0 amide bonds. The summed E-state index contributed by atoms with van der Waals surface area (Å²) in [5, 5.41) is 1.04. The normalized spacial score (nSPS) is 11.0. The van der Waals surface area contributed by atoms with Crippen molar-refractivity contribution in [3.05, 3.63) is 84.7 Å². The summed E-state index contributed by atoms with van der Waals surface area (Å²) in [5.74, 6) is 1.79. The summed E-state index contributed by atoms with van der Waals surface area (Å²) < 4.78 is 2.11. The zero-order chi connectivity index (χ0) is 15.5. The monoisotopic (exact) mass is 317 g/mol. The van der Waals surface area contributed by atoms with Crippen LogP contribution in [0, 0.1) is 0 Å². The van der Waals surface area contributed by atoms with Crippen molar-refractivity contribution in [1.82, 2.24) is 14.4 Å². The molecule has 1 aromatic carbocycles. The van der Waals surface area contributed by atoms with Gasteiger partial charge >= 0.3 is 0 Å². The molecule has 0 atom stereocenters. The largest absolute Gasteiger partial charge is 0.297 e. The fourth-order valence-electron chi connectivity index (χ4n) is 2.52. The average Bonchev–Trinajstić information content (AvgIpc) is 3.01. The first-order chi connectivity index (χ1) is 11.4. The third kappa shape index (κ3) is 2.85. The number of nitrogens with zero attached hydrogens (tertiary/aromatic N) is 3. The second kappa shape index (κ2) is 6.26. The van der Waals surface area contributed by atoms with Crippen molar-refractivity contribution in [3.8, 4) is 11.5 Å². The van der Waals surface area contributed by atoms with Crippen LogP contribution in [0.15, 0.2) is 84.1 Å². The van der Waals surface area contributed by atoms with Gasteiger partial charge in [-0.25, -0.2) is 4.98 Å². The van der Waals surface area contributed by atoms with Gasteiger partial charge in [-0.15, -0.1) is 0 Å². The number of imidazole rings is 1. The van der Waals surface area contributed by atoms with Crippen LogP contribution in [-0.4, -0.2) is 14.4 Å². The predicted molar refractivity (Wildman–Crippen MR) is 94.4 cm³/mol. The molecule has 0 aliphatic rings. The summed E-state index contributed by atoms with van der Waals surface area (Å²) in [6.07, 6.45) is 3.84. The summed E-state index contributed by atoms with van der Waals surface area (Å²) >= 11 is 1.76. The molecule has 0 saturated carbocycles. The van der Waals surface area contributed by atoms with Crippen LogP contribution in [0.2, 0.25) is 0 Å². The molecular formula is C19H15N3S. The molecule has 112 valence electrons. The van der Waals surface area contributed by atoms with Crippen LogP contribution >= 0.6 is 11.8 Å². The fraction of sp³-hybridized carbons (Fsp3) is 0.0526. The molecule has 3 heterocycles. The van der Waals surface area contributed by atoms with Crippen molar-refractivity contribution in [2.45, 2.75) is 10.8 Å². The standard InChI is InChI=1S/C19H15N3S/c1-2-8-15(9-3-1)14-23-19-17-11-5-7-13-22(17)18(21-19)16-10-4-6-12-20-16/h1-13H,14H2. The average molecular weight is 317 g/mol. The molecule has 0 saturated heterocycles. The Bertz CT molecular complexity index is 917. The van der Waals surface area contributed by atoms with E-state index in [1.54, 1.807) is 18.0 Å². The molecule has 23 heavy (non-hydrogen) atoms. The first-order valence-electron chi connectivity index (χ1n) is 7.47. The Hall–Kier alpha value is -2.59. The number of rotatable bonds is 4. The topological polar surface area (TPSA) is 30.2 Å². The van der Waals surface area contributed by atoms with Gasteiger partial charge in [-0.1, -0.05) is 54.2 Å². The third-order valence-electron chi connectivity index (χ3n) is 3.63. The van der Waals surface area contributed by atoms with E-state index in [4.69, 9.17) is 4.98 Å². The maximum atomic E-state index is 4.84. The zero-order valence-corrected chi connectivity index (χ0v) is 13.3. The summed E-state index contributed by atoms with van der Waals surface area (Å²) in [5.41, 5.74) is 3.31. The Labute approximate surface area is 139 Å². The van der Waals surface area contributed by atoms with Gasteiger partial charge in [0.15, 0.2) is 5.82 Å². The lowest BCUT2D eigenvalue weighted by molar-refractivity contribution is 1.12. The molecule has 4 rings (SSSR count). The SMILES string of the molecule is c1ccc(CSc2nc(-c3ccccn3)n3ccccc23)cc1. The Morgan fingerprint density at radius 3 is 2.52 bits per heavy atom. The third-order valence-corrected chi connectivity index (χ3v) is 4.68. The number of benzene rings is 1. The van der Waals surface area contributed by atoms with Gasteiger partial charge in [0.2, 0.25) is 0 Å². The van der Waals surface area contributed by atoms with Crippen molar-refractivity contribution in [3.63, 3.8) is 0 Å². The van der Waals surface area contributed by atoms with Crippen LogP contribution < -0.4 is 0 Å². The van der Waals surface area contributed by atoms with Gasteiger partial charge in [-0.05, 0) is 29.8 Å². The second-order valence-electron chi connectivity index (χ2n) is 5.19. The smallest absolute Gasteiger partial charge is 0.164 e. The highest BCUT2D eigenvalue weighted by Gasteiger charge is 2.13. The minimum atomic E-state index is 0.886. The van der Waals surface area contributed by atoms with E-state index in [0.717, 1.165) is 27.8 Å². The van der Waals surface area contributed by atoms with E-state index in [0.29, 0.717) is 0 Å². The molecule has 0 bridgehead atoms. The summed E-state index contributed by atoms with van der Waals surface area (Å²) in [6, 6.07) is 22.5. The summed E-state index contributed by atoms with van der Waals surface area (Å²) in [7, 11) is 0. The Kier molecular flexibility index (Phi) is 3.82. The van der Waals surface area contributed by atoms with E-state index < -0.39 is 0 Å².